The molecule has 5 heteroatoms. The standard InChI is InChI=1S/C13H23N3O2/c1-5-13(7-8-14-9-13)11-15-10(16-18-11)12(3,4)17-6-2/h14H,5-9H2,1-4H3. The fraction of sp³-hybridized carbons (Fsp3) is 0.846. The van der Waals surface area contributed by atoms with Gasteiger partial charge in [0, 0.05) is 13.2 Å². The van der Waals surface area contributed by atoms with Crippen LogP contribution in [-0.2, 0) is 15.8 Å². The summed E-state index contributed by atoms with van der Waals surface area (Å²) in [5.41, 5.74) is -0.481. The van der Waals surface area contributed by atoms with E-state index in [9.17, 15) is 0 Å². The van der Waals surface area contributed by atoms with E-state index in [1.165, 1.54) is 0 Å². The summed E-state index contributed by atoms with van der Waals surface area (Å²) in [6, 6.07) is 0. The minimum absolute atomic E-state index is 0.00748. The van der Waals surface area contributed by atoms with Gasteiger partial charge in [0.1, 0.15) is 5.60 Å². The molecule has 5 nitrogen and oxygen atoms in total. The van der Waals surface area contributed by atoms with Crippen molar-refractivity contribution in [3.63, 3.8) is 0 Å². The molecule has 1 aromatic rings. The Morgan fingerprint density at radius 2 is 2.22 bits per heavy atom. The van der Waals surface area contributed by atoms with Crippen LogP contribution in [-0.4, -0.2) is 29.8 Å². The predicted molar refractivity (Wildman–Crippen MR) is 68.4 cm³/mol. The maximum atomic E-state index is 5.66. The maximum Gasteiger partial charge on any atom is 0.234 e. The van der Waals surface area contributed by atoms with E-state index in [0.717, 1.165) is 31.8 Å². The summed E-state index contributed by atoms with van der Waals surface area (Å²) in [4.78, 5) is 4.58. The first kappa shape index (κ1) is 13.5. The zero-order valence-corrected chi connectivity index (χ0v) is 11.7. The Kier molecular flexibility index (Phi) is 3.73. The lowest BCUT2D eigenvalue weighted by Crippen LogP contribution is -2.29. The Morgan fingerprint density at radius 3 is 2.78 bits per heavy atom. The Hall–Kier alpha value is -0.940. The minimum atomic E-state index is -0.489. The lowest BCUT2D eigenvalue weighted by Gasteiger charge is -2.22. The van der Waals surface area contributed by atoms with Gasteiger partial charge in [-0.2, -0.15) is 4.98 Å². The van der Waals surface area contributed by atoms with E-state index in [4.69, 9.17) is 9.26 Å². The smallest absolute Gasteiger partial charge is 0.234 e. The first-order chi connectivity index (χ1) is 8.54. The number of aromatic nitrogens is 2. The molecule has 2 rings (SSSR count). The van der Waals surface area contributed by atoms with Crippen molar-refractivity contribution in [2.75, 3.05) is 19.7 Å². The molecule has 0 bridgehead atoms. The summed E-state index contributed by atoms with van der Waals surface area (Å²) < 4.78 is 11.2. The number of ether oxygens (including phenoxy) is 1. The summed E-state index contributed by atoms with van der Waals surface area (Å²) in [5.74, 6) is 1.39. The van der Waals surface area contributed by atoms with Crippen molar-refractivity contribution in [3.05, 3.63) is 11.7 Å². The number of hydrogen-bond acceptors (Lipinski definition) is 5. The van der Waals surface area contributed by atoms with Crippen LogP contribution in [0.3, 0.4) is 0 Å². The van der Waals surface area contributed by atoms with Gasteiger partial charge in [-0.25, -0.2) is 0 Å². The number of rotatable bonds is 5. The molecule has 0 amide bonds. The van der Waals surface area contributed by atoms with Gasteiger partial charge in [0.25, 0.3) is 0 Å². The van der Waals surface area contributed by atoms with Gasteiger partial charge in [-0.1, -0.05) is 12.1 Å². The quantitative estimate of drug-likeness (QED) is 0.869. The van der Waals surface area contributed by atoms with E-state index in [0.29, 0.717) is 12.4 Å². The van der Waals surface area contributed by atoms with Gasteiger partial charge in [0.05, 0.1) is 5.41 Å². The highest BCUT2D eigenvalue weighted by Crippen LogP contribution is 2.34. The van der Waals surface area contributed by atoms with E-state index in [-0.39, 0.29) is 5.41 Å². The average Bonchev–Trinajstić information content (AvgIpc) is 2.99. The van der Waals surface area contributed by atoms with E-state index in [2.05, 4.69) is 22.4 Å². The van der Waals surface area contributed by atoms with Gasteiger partial charge in [0.2, 0.25) is 11.7 Å². The average molecular weight is 253 g/mol. The second-order valence-corrected chi connectivity index (χ2v) is 5.43. The SMILES string of the molecule is CCOC(C)(C)c1noc(C2(CC)CCNC2)n1. The highest BCUT2D eigenvalue weighted by molar-refractivity contribution is 5.11. The zero-order chi connectivity index (χ0) is 13.2. The summed E-state index contributed by atoms with van der Waals surface area (Å²) in [5, 5.41) is 7.48. The molecule has 0 aromatic carbocycles. The van der Waals surface area contributed by atoms with Crippen LogP contribution < -0.4 is 5.32 Å². The summed E-state index contributed by atoms with van der Waals surface area (Å²) in [7, 11) is 0. The predicted octanol–water partition coefficient (Wildman–Crippen LogP) is 1.98. The lowest BCUT2D eigenvalue weighted by molar-refractivity contribution is -0.0221. The third-order valence-corrected chi connectivity index (χ3v) is 3.84. The molecule has 1 saturated heterocycles. The van der Waals surface area contributed by atoms with Crippen LogP contribution in [0.1, 0.15) is 52.3 Å². The normalized spacial score (nSPS) is 24.7. The van der Waals surface area contributed by atoms with Crippen LogP contribution in [0.5, 0.6) is 0 Å². The van der Waals surface area contributed by atoms with Crippen molar-refractivity contribution in [3.8, 4) is 0 Å². The second-order valence-electron chi connectivity index (χ2n) is 5.43. The van der Waals surface area contributed by atoms with Crippen LogP contribution in [0.15, 0.2) is 4.52 Å². The molecule has 0 saturated carbocycles. The van der Waals surface area contributed by atoms with Crippen LogP contribution in [0, 0.1) is 0 Å². The van der Waals surface area contributed by atoms with Crippen molar-refractivity contribution in [1.29, 1.82) is 0 Å². The van der Waals surface area contributed by atoms with Crippen molar-refractivity contribution < 1.29 is 9.26 Å². The Balaban J connectivity index is 2.24. The van der Waals surface area contributed by atoms with E-state index in [1.54, 1.807) is 0 Å². The highest BCUT2D eigenvalue weighted by Gasteiger charge is 2.40. The molecule has 1 fully saturated rings. The monoisotopic (exact) mass is 253 g/mol. The van der Waals surface area contributed by atoms with E-state index in [1.807, 2.05) is 20.8 Å². The topological polar surface area (TPSA) is 60.2 Å². The number of nitrogens with zero attached hydrogens (tertiary/aromatic N) is 2. The van der Waals surface area contributed by atoms with Crippen molar-refractivity contribution >= 4 is 0 Å². The van der Waals surface area contributed by atoms with Crippen molar-refractivity contribution in [2.45, 2.75) is 51.6 Å². The fourth-order valence-corrected chi connectivity index (χ4v) is 2.49. The van der Waals surface area contributed by atoms with E-state index >= 15 is 0 Å². The molecule has 1 N–H and O–H groups in total. The second kappa shape index (κ2) is 4.97. The number of nitrogens with one attached hydrogen (secondary N) is 1. The molecule has 18 heavy (non-hydrogen) atoms. The molecule has 0 radical (unpaired) electrons. The summed E-state index contributed by atoms with van der Waals surface area (Å²) >= 11 is 0. The zero-order valence-electron chi connectivity index (χ0n) is 11.7. The first-order valence-electron chi connectivity index (χ1n) is 6.73. The van der Waals surface area contributed by atoms with Gasteiger partial charge in [-0.05, 0) is 40.2 Å². The third-order valence-electron chi connectivity index (χ3n) is 3.84. The van der Waals surface area contributed by atoms with Gasteiger partial charge < -0.3 is 14.6 Å². The summed E-state index contributed by atoms with van der Waals surface area (Å²) in [6.45, 7) is 10.6. The van der Waals surface area contributed by atoms with Gasteiger partial charge in [-0.15, -0.1) is 0 Å². The van der Waals surface area contributed by atoms with Crippen LogP contribution >= 0.6 is 0 Å². The molecule has 0 aliphatic carbocycles. The summed E-state index contributed by atoms with van der Waals surface area (Å²) in [6.07, 6.45) is 2.07. The van der Waals surface area contributed by atoms with Crippen LogP contribution in [0.4, 0.5) is 0 Å². The highest BCUT2D eigenvalue weighted by atomic mass is 16.5. The Labute approximate surface area is 108 Å². The largest absolute Gasteiger partial charge is 0.368 e. The van der Waals surface area contributed by atoms with E-state index < -0.39 is 5.60 Å². The Morgan fingerprint density at radius 1 is 1.44 bits per heavy atom. The molecule has 1 atom stereocenters. The molecular weight excluding hydrogens is 230 g/mol. The third kappa shape index (κ3) is 2.29. The molecule has 102 valence electrons. The van der Waals surface area contributed by atoms with Crippen molar-refractivity contribution in [2.24, 2.45) is 0 Å². The fourth-order valence-electron chi connectivity index (χ4n) is 2.49. The number of hydrogen-bond donors (Lipinski definition) is 1. The van der Waals surface area contributed by atoms with Crippen LogP contribution in [0.25, 0.3) is 0 Å². The molecule has 2 heterocycles. The molecule has 1 aliphatic rings. The van der Waals surface area contributed by atoms with Crippen LogP contribution in [0.2, 0.25) is 0 Å². The lowest BCUT2D eigenvalue weighted by atomic mass is 9.84. The molecule has 1 aromatic heterocycles. The van der Waals surface area contributed by atoms with Crippen molar-refractivity contribution in [1.82, 2.24) is 15.5 Å². The van der Waals surface area contributed by atoms with Gasteiger partial charge in [-0.3, -0.25) is 0 Å². The molecule has 1 unspecified atom stereocenters. The minimum Gasteiger partial charge on any atom is -0.368 e. The molecule has 1 aliphatic heterocycles. The molecule has 0 spiro atoms. The Bertz CT molecular complexity index is 395. The first-order valence-corrected chi connectivity index (χ1v) is 6.73. The van der Waals surface area contributed by atoms with Gasteiger partial charge in [0.15, 0.2) is 0 Å². The molecular formula is C13H23N3O2. The van der Waals surface area contributed by atoms with Gasteiger partial charge >= 0.3 is 0 Å². The maximum absolute atomic E-state index is 5.66.